The van der Waals surface area contributed by atoms with E-state index in [0.29, 0.717) is 11.1 Å². The number of rotatable bonds is 3. The van der Waals surface area contributed by atoms with Crippen molar-refractivity contribution in [2.45, 2.75) is 88.5 Å². The monoisotopic (exact) mass is 452 g/mol. The van der Waals surface area contributed by atoms with E-state index < -0.39 is 24.2 Å². The molecular weight excluding hydrogens is 417 g/mol. The lowest BCUT2D eigenvalue weighted by Crippen LogP contribution is -2.78. The minimum Gasteiger partial charge on any atom is -0.133 e. The number of hydrogen-bond acceptors (Lipinski definition) is 4. The quantitative estimate of drug-likeness (QED) is 0.412. The molecule has 0 N–H and O–H groups in total. The van der Waals surface area contributed by atoms with Crippen molar-refractivity contribution in [3.8, 4) is 0 Å². The molecule has 4 unspecified atom stereocenters. The van der Waals surface area contributed by atoms with Gasteiger partial charge in [0.15, 0.2) is 0 Å². The van der Waals surface area contributed by atoms with E-state index in [1.807, 2.05) is 0 Å². The summed E-state index contributed by atoms with van der Waals surface area (Å²) in [5, 5.41) is 0. The summed E-state index contributed by atoms with van der Waals surface area (Å²) in [6.45, 7) is 29.2. The van der Waals surface area contributed by atoms with Crippen molar-refractivity contribution in [2.75, 3.05) is 0 Å². The van der Waals surface area contributed by atoms with Crippen LogP contribution in [-0.2, 0) is 0 Å². The van der Waals surface area contributed by atoms with Crippen LogP contribution in [0.5, 0.6) is 0 Å². The molecule has 0 aromatic heterocycles. The molecule has 4 saturated heterocycles. The molecule has 4 aliphatic rings. The number of hydrogen-bond donors (Lipinski definition) is 0. The molecule has 0 spiro atoms. The zero-order valence-electron chi connectivity index (χ0n) is 17.4. The maximum atomic E-state index is 2.66. The Kier molecular flexibility index (Phi) is 4.81. The summed E-state index contributed by atoms with van der Waals surface area (Å²) < 4.78 is 2.37. The summed E-state index contributed by atoms with van der Waals surface area (Å²) in [7, 11) is -3.93. The first kappa shape index (κ1) is 20.8. The maximum absolute atomic E-state index is 2.66. The Hall–Kier alpha value is 2.05. The van der Waals surface area contributed by atoms with Crippen molar-refractivity contribution in [3.63, 3.8) is 0 Å². The summed E-state index contributed by atoms with van der Waals surface area (Å²) in [5.74, 6) is 1.68. The smallest absolute Gasteiger partial charge is 0.0757 e. The van der Waals surface area contributed by atoms with Crippen LogP contribution in [0.2, 0.25) is 58.9 Å². The first-order valence-electron chi connectivity index (χ1n) is 9.30. The molecule has 4 heterocycles. The fourth-order valence-electron chi connectivity index (χ4n) is 5.04. The van der Waals surface area contributed by atoms with Crippen molar-refractivity contribution in [1.29, 1.82) is 0 Å². The van der Waals surface area contributed by atoms with Gasteiger partial charge in [-0.05, 0) is 11.8 Å². The normalized spacial score (nSPS) is 48.9. The van der Waals surface area contributed by atoms with Crippen LogP contribution >= 0.6 is 47.0 Å². The van der Waals surface area contributed by atoms with Crippen LogP contribution in [0.1, 0.15) is 13.8 Å². The highest BCUT2D eigenvalue weighted by Crippen LogP contribution is 2.84. The standard InChI is InChI=1S/C17H36S4Si3/c1-12-14-18-16(23(6,7)8)13(2)17(19-14,24(9,10)11)21-15(12,20-16)22(3,4)5/h12-14H,1-11H3/t12?,13?,14?,15?,16-,17+. The Morgan fingerprint density at radius 2 is 0.917 bits per heavy atom. The SMILES string of the molecule is CC1C2S[C@]3([Si](C)(C)C)SC1([Si](C)(C)C)S[C@]([Si](C)(C)C)(S2)C3C. The van der Waals surface area contributed by atoms with Gasteiger partial charge < -0.3 is 0 Å². The Labute approximate surface area is 170 Å². The second-order valence-electron chi connectivity index (χ2n) is 11.1. The van der Waals surface area contributed by atoms with Gasteiger partial charge in [0.2, 0.25) is 0 Å². The van der Waals surface area contributed by atoms with Gasteiger partial charge in [-0.25, -0.2) is 0 Å². The highest BCUT2D eigenvalue weighted by atomic mass is 32.3. The van der Waals surface area contributed by atoms with Crippen LogP contribution in [0.4, 0.5) is 0 Å². The van der Waals surface area contributed by atoms with E-state index in [4.69, 9.17) is 0 Å². The first-order valence-corrected chi connectivity index (χ1v) is 23.2. The summed E-state index contributed by atoms with van der Waals surface area (Å²) >= 11 is 9.86. The molecule has 4 rings (SSSR count). The molecule has 4 fully saturated rings. The molecular formula is C17H36S4Si3. The summed E-state index contributed by atoms with van der Waals surface area (Å²) in [5.41, 5.74) is 0. The summed E-state index contributed by atoms with van der Waals surface area (Å²) in [6.07, 6.45) is 0. The minimum atomic E-state index is -1.31. The molecule has 7 heteroatoms. The summed E-state index contributed by atoms with van der Waals surface area (Å²) in [4.78, 5) is 0. The predicted octanol–water partition coefficient (Wildman–Crippen LogP) is 7.28. The zero-order chi connectivity index (χ0) is 18.6. The van der Waals surface area contributed by atoms with Crippen LogP contribution in [0.15, 0.2) is 0 Å². The highest BCUT2D eigenvalue weighted by Gasteiger charge is 2.78. The van der Waals surface area contributed by atoms with Crippen LogP contribution in [0.3, 0.4) is 0 Å². The highest BCUT2D eigenvalue weighted by molar-refractivity contribution is 8.41. The van der Waals surface area contributed by atoms with Crippen molar-refractivity contribution < 1.29 is 0 Å². The molecule has 4 bridgehead atoms. The predicted molar refractivity (Wildman–Crippen MR) is 131 cm³/mol. The number of thioether (sulfide) groups is 4. The first-order chi connectivity index (χ1) is 10.5. The Balaban J connectivity index is 2.28. The molecule has 0 amide bonds. The van der Waals surface area contributed by atoms with Gasteiger partial charge in [-0.3, -0.25) is 0 Å². The van der Waals surface area contributed by atoms with Gasteiger partial charge in [0.05, 0.1) is 39.9 Å². The molecule has 0 aromatic carbocycles. The van der Waals surface area contributed by atoms with Crippen LogP contribution in [-0.4, -0.2) is 39.9 Å². The maximum Gasteiger partial charge on any atom is 0.0757 e. The van der Waals surface area contributed by atoms with Gasteiger partial charge in [0, 0.05) is 0 Å². The molecule has 140 valence electrons. The van der Waals surface area contributed by atoms with Gasteiger partial charge in [-0.1, -0.05) is 72.8 Å². The molecule has 0 nitrogen and oxygen atoms in total. The van der Waals surface area contributed by atoms with Crippen molar-refractivity contribution in [3.05, 3.63) is 0 Å². The van der Waals surface area contributed by atoms with Crippen molar-refractivity contribution >= 4 is 71.3 Å². The Morgan fingerprint density at radius 1 is 0.583 bits per heavy atom. The van der Waals surface area contributed by atoms with E-state index in [0.717, 1.165) is 16.4 Å². The van der Waals surface area contributed by atoms with Gasteiger partial charge >= 0.3 is 0 Å². The van der Waals surface area contributed by atoms with Crippen LogP contribution in [0.25, 0.3) is 0 Å². The fourth-order valence-corrected chi connectivity index (χ4v) is 32.5. The van der Waals surface area contributed by atoms with Gasteiger partial charge in [-0.15, -0.1) is 47.0 Å². The molecule has 6 atom stereocenters. The van der Waals surface area contributed by atoms with Gasteiger partial charge in [0.1, 0.15) is 0 Å². The molecule has 4 aliphatic heterocycles. The Bertz CT molecular complexity index is 493. The van der Waals surface area contributed by atoms with E-state index in [-0.39, 0.29) is 0 Å². The van der Waals surface area contributed by atoms with Crippen molar-refractivity contribution in [1.82, 2.24) is 0 Å². The van der Waals surface area contributed by atoms with E-state index in [9.17, 15) is 0 Å². The van der Waals surface area contributed by atoms with Crippen LogP contribution < -0.4 is 0 Å². The van der Waals surface area contributed by atoms with Crippen molar-refractivity contribution in [2.24, 2.45) is 11.8 Å². The van der Waals surface area contributed by atoms with E-state index in [2.05, 4.69) is 120 Å². The van der Waals surface area contributed by atoms with Gasteiger partial charge in [-0.2, -0.15) is 0 Å². The fraction of sp³-hybridized carbons (Fsp3) is 1.00. The molecule has 0 radical (unpaired) electrons. The second kappa shape index (κ2) is 5.56. The molecule has 24 heavy (non-hydrogen) atoms. The third-order valence-corrected chi connectivity index (χ3v) is 34.5. The van der Waals surface area contributed by atoms with Gasteiger partial charge in [0.25, 0.3) is 0 Å². The molecule has 0 saturated carbocycles. The lowest BCUT2D eigenvalue weighted by Gasteiger charge is -2.76. The lowest BCUT2D eigenvalue weighted by atomic mass is 10.2. The lowest BCUT2D eigenvalue weighted by molar-refractivity contribution is 0.530. The zero-order valence-corrected chi connectivity index (χ0v) is 23.6. The average molecular weight is 453 g/mol. The second-order valence-corrected chi connectivity index (χ2v) is 35.9. The third-order valence-electron chi connectivity index (χ3n) is 6.47. The van der Waals surface area contributed by atoms with E-state index in [1.54, 1.807) is 0 Å². The molecule has 0 aromatic rings. The largest absolute Gasteiger partial charge is 0.133 e. The topological polar surface area (TPSA) is 0 Å². The molecule has 0 aliphatic carbocycles. The Morgan fingerprint density at radius 3 is 1.21 bits per heavy atom. The average Bonchev–Trinajstić information content (AvgIpc) is 2.33. The van der Waals surface area contributed by atoms with E-state index in [1.165, 1.54) is 0 Å². The van der Waals surface area contributed by atoms with E-state index >= 15 is 0 Å². The van der Waals surface area contributed by atoms with Crippen LogP contribution in [0, 0.1) is 11.8 Å². The summed E-state index contributed by atoms with van der Waals surface area (Å²) in [6, 6.07) is 0. The minimum absolute atomic E-state index is 0.515. The third kappa shape index (κ3) is 2.39.